The lowest BCUT2D eigenvalue weighted by Crippen LogP contribution is -2.48. The smallest absolute Gasteiger partial charge is 0.252 e. The molecule has 2 N–H and O–H groups in total. The van der Waals surface area contributed by atoms with Crippen molar-refractivity contribution >= 4 is 22.6 Å². The minimum Gasteiger partial charge on any atom is -0.350 e. The Morgan fingerprint density at radius 1 is 1.21 bits per heavy atom. The highest BCUT2D eigenvalue weighted by Crippen LogP contribution is 2.30. The highest BCUT2D eigenvalue weighted by molar-refractivity contribution is 6.07. The van der Waals surface area contributed by atoms with Crippen LogP contribution in [0.2, 0.25) is 0 Å². The van der Waals surface area contributed by atoms with Gasteiger partial charge in [-0.3, -0.25) is 9.89 Å². The van der Waals surface area contributed by atoms with Crippen LogP contribution in [0.5, 0.6) is 0 Å². The zero-order chi connectivity index (χ0) is 22.9. The number of rotatable bonds is 5. The van der Waals surface area contributed by atoms with E-state index in [1.807, 2.05) is 43.0 Å². The van der Waals surface area contributed by atoms with Crippen molar-refractivity contribution in [1.29, 1.82) is 0 Å². The molecule has 0 spiro atoms. The number of H-pyrrole nitrogens is 1. The number of hydrogen-bond donors (Lipinski definition) is 2. The molecular formula is C25H25FN6O. The molecule has 0 radical (unpaired) electrons. The Bertz CT molecular complexity index is 1330. The lowest BCUT2D eigenvalue weighted by Gasteiger charge is -2.38. The van der Waals surface area contributed by atoms with Crippen LogP contribution in [0.3, 0.4) is 0 Å². The van der Waals surface area contributed by atoms with Gasteiger partial charge in [0.25, 0.3) is 5.91 Å². The minimum atomic E-state index is -0.394. The first-order chi connectivity index (χ1) is 16.1. The second-order valence-corrected chi connectivity index (χ2v) is 8.36. The summed E-state index contributed by atoms with van der Waals surface area (Å²) in [5.41, 5.74) is 5.02. The topological polar surface area (TPSA) is 86.8 Å². The maximum Gasteiger partial charge on any atom is 0.252 e. The number of carbonyl (C=O) groups is 1. The Balaban J connectivity index is 1.45. The molecule has 0 fully saturated rings. The fourth-order valence-corrected chi connectivity index (χ4v) is 4.59. The number of nitrogens with zero attached hydrogens (tertiary/aromatic N) is 4. The van der Waals surface area contributed by atoms with Gasteiger partial charge in [0.1, 0.15) is 6.33 Å². The van der Waals surface area contributed by atoms with Gasteiger partial charge >= 0.3 is 0 Å². The van der Waals surface area contributed by atoms with Gasteiger partial charge in [-0.25, -0.2) is 14.4 Å². The van der Waals surface area contributed by atoms with Crippen LogP contribution in [0.1, 0.15) is 39.7 Å². The van der Waals surface area contributed by atoms with E-state index in [1.165, 1.54) is 11.9 Å². The van der Waals surface area contributed by atoms with Gasteiger partial charge in [-0.1, -0.05) is 37.3 Å². The highest BCUT2D eigenvalue weighted by atomic mass is 19.1. The summed E-state index contributed by atoms with van der Waals surface area (Å²) in [6.07, 6.45) is 4.25. The molecule has 33 heavy (non-hydrogen) atoms. The average Bonchev–Trinajstić information content (AvgIpc) is 3.31. The quantitative estimate of drug-likeness (QED) is 0.490. The van der Waals surface area contributed by atoms with Crippen molar-refractivity contribution in [3.8, 4) is 0 Å². The first kappa shape index (κ1) is 21.1. The van der Waals surface area contributed by atoms with Crippen molar-refractivity contribution < 1.29 is 9.18 Å². The number of carbonyl (C=O) groups excluding carboxylic acids is 1. The van der Waals surface area contributed by atoms with Crippen LogP contribution < -0.4 is 10.2 Å². The minimum absolute atomic E-state index is 0.151. The molecule has 2 aromatic heterocycles. The molecule has 7 nitrogen and oxygen atoms in total. The number of aromatic nitrogens is 4. The number of hydrogen-bond acceptors (Lipinski definition) is 5. The van der Waals surface area contributed by atoms with Crippen LogP contribution in [-0.2, 0) is 19.4 Å². The Morgan fingerprint density at radius 3 is 2.85 bits per heavy atom. The van der Waals surface area contributed by atoms with E-state index in [9.17, 15) is 4.79 Å². The van der Waals surface area contributed by atoms with Crippen LogP contribution in [-0.4, -0.2) is 38.7 Å². The largest absolute Gasteiger partial charge is 0.350 e. The summed E-state index contributed by atoms with van der Waals surface area (Å²) in [6.45, 7) is 4.65. The lowest BCUT2D eigenvalue weighted by molar-refractivity contribution is 0.0951. The van der Waals surface area contributed by atoms with E-state index < -0.39 is 5.82 Å². The van der Waals surface area contributed by atoms with Crippen molar-refractivity contribution in [2.24, 2.45) is 0 Å². The summed E-state index contributed by atoms with van der Waals surface area (Å²) in [6, 6.07) is 11.8. The number of halogens is 1. The van der Waals surface area contributed by atoms with Crippen LogP contribution in [0.15, 0.2) is 48.9 Å². The van der Waals surface area contributed by atoms with Gasteiger partial charge in [0.05, 0.1) is 29.0 Å². The highest BCUT2D eigenvalue weighted by Gasteiger charge is 2.30. The molecule has 4 aromatic rings. The Hall–Kier alpha value is -3.81. The monoisotopic (exact) mass is 444 g/mol. The van der Waals surface area contributed by atoms with Crippen LogP contribution in [0, 0.1) is 12.7 Å². The Morgan fingerprint density at radius 2 is 2.03 bits per heavy atom. The van der Waals surface area contributed by atoms with Crippen molar-refractivity contribution in [2.45, 2.75) is 39.3 Å². The van der Waals surface area contributed by atoms with Gasteiger partial charge in [-0.2, -0.15) is 5.10 Å². The third-order valence-corrected chi connectivity index (χ3v) is 6.36. The average molecular weight is 445 g/mol. The number of aryl methyl sites for hydroxylation is 2. The molecular weight excluding hydrogens is 419 g/mol. The molecule has 8 heteroatoms. The predicted octanol–water partition coefficient (Wildman–Crippen LogP) is 3.72. The number of amides is 1. The zero-order valence-electron chi connectivity index (χ0n) is 18.6. The number of aromatic amines is 1. The van der Waals surface area contributed by atoms with Gasteiger partial charge in [-0.15, -0.1) is 0 Å². The lowest BCUT2D eigenvalue weighted by atomic mass is 9.93. The van der Waals surface area contributed by atoms with E-state index in [1.54, 1.807) is 6.20 Å². The van der Waals surface area contributed by atoms with Gasteiger partial charge in [0, 0.05) is 18.5 Å². The summed E-state index contributed by atoms with van der Waals surface area (Å²) in [4.78, 5) is 23.5. The molecule has 5 rings (SSSR count). The molecule has 0 bridgehead atoms. The van der Waals surface area contributed by atoms with Gasteiger partial charge < -0.3 is 10.2 Å². The number of nitrogens with one attached hydrogen (secondary N) is 2. The summed E-state index contributed by atoms with van der Waals surface area (Å²) in [5, 5.41) is 10.8. The molecule has 168 valence electrons. The van der Waals surface area contributed by atoms with Crippen molar-refractivity contribution in [1.82, 2.24) is 25.5 Å². The molecule has 0 aliphatic carbocycles. The molecule has 2 aromatic carbocycles. The molecule has 1 aliphatic rings. The van der Waals surface area contributed by atoms with Crippen LogP contribution in [0.4, 0.5) is 10.2 Å². The molecule has 1 aliphatic heterocycles. The second kappa shape index (κ2) is 8.61. The second-order valence-electron chi connectivity index (χ2n) is 8.36. The molecule has 1 unspecified atom stereocenters. The zero-order valence-corrected chi connectivity index (χ0v) is 18.6. The van der Waals surface area contributed by atoms with E-state index in [0.717, 1.165) is 22.0 Å². The maximum atomic E-state index is 15.2. The summed E-state index contributed by atoms with van der Waals surface area (Å²) in [7, 11) is 0. The van der Waals surface area contributed by atoms with Gasteiger partial charge in [-0.05, 0) is 42.5 Å². The molecule has 3 heterocycles. The fourth-order valence-electron chi connectivity index (χ4n) is 4.59. The third kappa shape index (κ3) is 3.82. The van der Waals surface area contributed by atoms with Crippen molar-refractivity contribution in [2.75, 3.05) is 11.4 Å². The number of fused-ring (bicyclic) bond motifs is 2. The fraction of sp³-hybridized carbons (Fsp3) is 0.280. The summed E-state index contributed by atoms with van der Waals surface area (Å²) < 4.78 is 15.2. The first-order valence-electron chi connectivity index (χ1n) is 11.1. The molecule has 1 amide bonds. The van der Waals surface area contributed by atoms with E-state index in [0.29, 0.717) is 37.2 Å². The normalized spacial score (nSPS) is 15.5. The van der Waals surface area contributed by atoms with Crippen molar-refractivity contribution in [3.63, 3.8) is 0 Å². The van der Waals surface area contributed by atoms with Gasteiger partial charge in [0.15, 0.2) is 11.6 Å². The third-order valence-electron chi connectivity index (χ3n) is 6.36. The van der Waals surface area contributed by atoms with Gasteiger partial charge in [0.2, 0.25) is 0 Å². The van der Waals surface area contributed by atoms with Crippen LogP contribution in [0.25, 0.3) is 10.9 Å². The Labute approximate surface area is 191 Å². The number of benzene rings is 2. The SMILES string of the molecule is CCc1ncnc(N2Cc3ccccc3CC2CNC(=O)c2c(C)ccc3[nH]ncc23)c1F. The predicted molar refractivity (Wildman–Crippen MR) is 125 cm³/mol. The van der Waals surface area contributed by atoms with E-state index in [-0.39, 0.29) is 17.8 Å². The molecule has 1 atom stereocenters. The van der Waals surface area contributed by atoms with E-state index >= 15 is 4.39 Å². The summed E-state index contributed by atoms with van der Waals surface area (Å²) >= 11 is 0. The number of anilines is 1. The molecule has 0 saturated heterocycles. The standard InChI is InChI=1S/C25H25FN6O/c1-3-20-23(26)24(29-14-28-20)32-13-17-7-5-4-6-16(17)10-18(32)11-27-25(33)22-15(2)8-9-21-19(22)12-30-31-21/h4-9,12,14,18H,3,10-11,13H2,1-2H3,(H,27,33)(H,30,31). The first-order valence-corrected chi connectivity index (χ1v) is 11.1. The van der Waals surface area contributed by atoms with E-state index in [2.05, 4.69) is 37.6 Å². The maximum absolute atomic E-state index is 15.2. The molecule has 0 saturated carbocycles. The Kier molecular flexibility index (Phi) is 5.50. The summed E-state index contributed by atoms with van der Waals surface area (Å²) in [5.74, 6) is -0.283. The van der Waals surface area contributed by atoms with Crippen molar-refractivity contribution in [3.05, 3.63) is 82.7 Å². The van der Waals surface area contributed by atoms with Crippen LogP contribution >= 0.6 is 0 Å². The van der Waals surface area contributed by atoms with E-state index in [4.69, 9.17) is 0 Å².